The van der Waals surface area contributed by atoms with Crippen molar-refractivity contribution in [3.63, 3.8) is 0 Å². The molecule has 0 aliphatic rings. The summed E-state index contributed by atoms with van der Waals surface area (Å²) in [5.41, 5.74) is 11.8. The lowest BCUT2D eigenvalue weighted by molar-refractivity contribution is -0.154. The summed E-state index contributed by atoms with van der Waals surface area (Å²) >= 11 is 0. The Balaban J connectivity index is 2.20. The fourth-order valence-corrected chi connectivity index (χ4v) is 1.89. The van der Waals surface area contributed by atoms with Gasteiger partial charge in [0.25, 0.3) is 0 Å². The maximum Gasteiger partial charge on any atom is 0.339 e. The van der Waals surface area contributed by atoms with Crippen molar-refractivity contribution < 1.29 is 14.6 Å². The van der Waals surface area contributed by atoms with Crippen LogP contribution in [0.3, 0.4) is 0 Å². The van der Waals surface area contributed by atoms with E-state index in [0.717, 1.165) is 19.3 Å². The minimum atomic E-state index is -1.22. The molecule has 1 aromatic carbocycles. The lowest BCUT2D eigenvalue weighted by Gasteiger charge is -2.13. The van der Waals surface area contributed by atoms with Gasteiger partial charge in [-0.3, -0.25) is 0 Å². The monoisotopic (exact) mass is 280 g/mol. The van der Waals surface area contributed by atoms with Crippen LogP contribution in [0.4, 0.5) is 0 Å². The number of esters is 1. The Bertz CT molecular complexity index is 384. The number of rotatable bonds is 9. The first kappa shape index (κ1) is 16.6. The largest absolute Gasteiger partial charge is 0.464 e. The first-order valence-corrected chi connectivity index (χ1v) is 7.00. The van der Waals surface area contributed by atoms with Gasteiger partial charge in [-0.05, 0) is 37.8 Å². The van der Waals surface area contributed by atoms with Gasteiger partial charge in [-0.2, -0.15) is 0 Å². The van der Waals surface area contributed by atoms with Gasteiger partial charge >= 0.3 is 5.97 Å². The molecule has 0 heterocycles. The Kier molecular flexibility index (Phi) is 7.87. The van der Waals surface area contributed by atoms with Crippen molar-refractivity contribution in [1.29, 1.82) is 0 Å². The smallest absolute Gasteiger partial charge is 0.339 e. The van der Waals surface area contributed by atoms with Crippen LogP contribution in [0.1, 0.15) is 37.4 Å². The normalized spacial score (nSPS) is 13.8. The summed E-state index contributed by atoms with van der Waals surface area (Å²) in [6.07, 6.45) is 2.06. The summed E-state index contributed by atoms with van der Waals surface area (Å²) in [6, 6.07) is 8.83. The molecule has 20 heavy (non-hydrogen) atoms. The molecule has 0 fully saturated rings. The molecule has 0 spiro atoms. The van der Waals surface area contributed by atoms with E-state index in [0.29, 0.717) is 18.5 Å². The maximum absolute atomic E-state index is 11.6. The minimum Gasteiger partial charge on any atom is -0.464 e. The van der Waals surface area contributed by atoms with E-state index in [1.807, 2.05) is 6.07 Å². The van der Waals surface area contributed by atoms with Crippen LogP contribution < -0.4 is 11.5 Å². The molecule has 1 aromatic rings. The quantitative estimate of drug-likeness (QED) is 0.465. The molecule has 0 aliphatic heterocycles. The van der Waals surface area contributed by atoms with Gasteiger partial charge in [0.15, 0.2) is 6.10 Å². The maximum atomic E-state index is 11.6. The topological polar surface area (TPSA) is 98.6 Å². The average Bonchev–Trinajstić information content (AvgIpc) is 2.49. The van der Waals surface area contributed by atoms with Crippen molar-refractivity contribution in [2.75, 3.05) is 13.2 Å². The molecule has 2 atom stereocenters. The molecule has 0 radical (unpaired) electrons. The zero-order valence-corrected chi connectivity index (χ0v) is 11.7. The number of carbonyl (C=O) groups excluding carboxylic acids is 1. The summed E-state index contributed by atoms with van der Waals surface area (Å²) in [5.74, 6) is -0.619. The van der Waals surface area contributed by atoms with E-state index in [4.69, 9.17) is 16.2 Å². The number of aliphatic hydroxyl groups is 1. The summed E-state index contributed by atoms with van der Waals surface area (Å²) in [6.45, 7) is 0.922. The predicted octanol–water partition coefficient (Wildman–Crippen LogP) is 1.11. The van der Waals surface area contributed by atoms with Crippen LogP contribution in [-0.4, -0.2) is 30.3 Å². The van der Waals surface area contributed by atoms with Gasteiger partial charge in [0.1, 0.15) is 0 Å². The van der Waals surface area contributed by atoms with Crippen LogP contribution >= 0.6 is 0 Å². The van der Waals surface area contributed by atoms with E-state index in [1.54, 1.807) is 24.3 Å². The molecule has 0 bridgehead atoms. The Morgan fingerprint density at radius 1 is 1.20 bits per heavy atom. The molecule has 1 unspecified atom stereocenters. The van der Waals surface area contributed by atoms with Gasteiger partial charge in [-0.25, -0.2) is 4.79 Å². The Labute approximate surface area is 119 Å². The molecule has 0 saturated carbocycles. The third-order valence-electron chi connectivity index (χ3n) is 3.08. The second kappa shape index (κ2) is 9.47. The second-order valence-corrected chi connectivity index (χ2v) is 4.81. The molecule has 112 valence electrons. The molecule has 5 heteroatoms. The molecule has 0 saturated heterocycles. The number of ether oxygens (including phenoxy) is 1. The summed E-state index contributed by atoms with van der Waals surface area (Å²) < 4.78 is 5.04. The van der Waals surface area contributed by atoms with Gasteiger partial charge in [-0.15, -0.1) is 0 Å². The summed E-state index contributed by atoms with van der Waals surface area (Å²) in [4.78, 5) is 11.6. The number of hydrogen-bond acceptors (Lipinski definition) is 5. The summed E-state index contributed by atoms with van der Waals surface area (Å²) in [5, 5.41) is 9.80. The highest BCUT2D eigenvalue weighted by molar-refractivity contribution is 5.76. The highest BCUT2D eigenvalue weighted by atomic mass is 16.5. The van der Waals surface area contributed by atoms with Crippen LogP contribution in [0.25, 0.3) is 0 Å². The lowest BCUT2D eigenvalue weighted by Crippen LogP contribution is -2.22. The molecular weight excluding hydrogens is 256 g/mol. The van der Waals surface area contributed by atoms with Gasteiger partial charge in [0, 0.05) is 6.04 Å². The highest BCUT2D eigenvalue weighted by Gasteiger charge is 2.18. The average molecular weight is 280 g/mol. The zero-order chi connectivity index (χ0) is 14.8. The van der Waals surface area contributed by atoms with Gasteiger partial charge in [0.2, 0.25) is 0 Å². The standard InChI is InChI=1S/C15H24N2O3/c16-10-4-8-13(17)9-5-11-20-15(19)14(18)12-6-2-1-3-7-12/h1-3,6-7,13-14,18H,4-5,8-11,16-17H2/t13?,14-/m1/s1. The van der Waals surface area contributed by atoms with E-state index in [-0.39, 0.29) is 12.6 Å². The number of aliphatic hydroxyl groups excluding tert-OH is 1. The fourth-order valence-electron chi connectivity index (χ4n) is 1.89. The van der Waals surface area contributed by atoms with Gasteiger partial charge in [-0.1, -0.05) is 30.3 Å². The molecule has 0 amide bonds. The Hall–Kier alpha value is -1.43. The SMILES string of the molecule is NCCCC(N)CCCOC(=O)[C@H](O)c1ccccc1. The summed E-state index contributed by atoms with van der Waals surface area (Å²) in [7, 11) is 0. The third kappa shape index (κ3) is 6.14. The lowest BCUT2D eigenvalue weighted by atomic mass is 10.1. The first-order valence-electron chi connectivity index (χ1n) is 7.00. The van der Waals surface area contributed by atoms with Crippen LogP contribution in [0.5, 0.6) is 0 Å². The number of benzene rings is 1. The van der Waals surface area contributed by atoms with Crippen molar-refractivity contribution >= 4 is 5.97 Å². The number of carbonyl (C=O) groups is 1. The Morgan fingerprint density at radius 3 is 2.50 bits per heavy atom. The molecule has 5 nitrogen and oxygen atoms in total. The molecular formula is C15H24N2O3. The first-order chi connectivity index (χ1) is 9.65. The number of hydrogen-bond donors (Lipinski definition) is 3. The molecule has 0 aromatic heterocycles. The van der Waals surface area contributed by atoms with Crippen LogP contribution in [0.15, 0.2) is 30.3 Å². The van der Waals surface area contributed by atoms with Crippen LogP contribution in [0.2, 0.25) is 0 Å². The fraction of sp³-hybridized carbons (Fsp3) is 0.533. The van der Waals surface area contributed by atoms with E-state index in [2.05, 4.69) is 0 Å². The molecule has 1 rings (SSSR count). The van der Waals surface area contributed by atoms with E-state index in [9.17, 15) is 9.90 Å². The van der Waals surface area contributed by atoms with Crippen molar-refractivity contribution in [2.24, 2.45) is 11.5 Å². The third-order valence-corrected chi connectivity index (χ3v) is 3.08. The van der Waals surface area contributed by atoms with Crippen molar-refractivity contribution in [3.05, 3.63) is 35.9 Å². The number of nitrogens with two attached hydrogens (primary N) is 2. The van der Waals surface area contributed by atoms with E-state index in [1.165, 1.54) is 0 Å². The van der Waals surface area contributed by atoms with Crippen LogP contribution in [-0.2, 0) is 9.53 Å². The zero-order valence-electron chi connectivity index (χ0n) is 11.7. The van der Waals surface area contributed by atoms with Gasteiger partial charge in [0.05, 0.1) is 6.61 Å². The predicted molar refractivity (Wildman–Crippen MR) is 77.9 cm³/mol. The molecule has 0 aliphatic carbocycles. The van der Waals surface area contributed by atoms with Gasteiger partial charge < -0.3 is 21.3 Å². The Morgan fingerprint density at radius 2 is 1.85 bits per heavy atom. The minimum absolute atomic E-state index is 0.0938. The van der Waals surface area contributed by atoms with Crippen molar-refractivity contribution in [3.8, 4) is 0 Å². The van der Waals surface area contributed by atoms with E-state index < -0.39 is 12.1 Å². The highest BCUT2D eigenvalue weighted by Crippen LogP contribution is 2.14. The molecule has 5 N–H and O–H groups in total. The second-order valence-electron chi connectivity index (χ2n) is 4.81. The van der Waals surface area contributed by atoms with Crippen molar-refractivity contribution in [1.82, 2.24) is 0 Å². The van der Waals surface area contributed by atoms with Crippen LogP contribution in [0, 0.1) is 0 Å². The van der Waals surface area contributed by atoms with Crippen molar-refractivity contribution in [2.45, 2.75) is 37.8 Å². The van der Waals surface area contributed by atoms with E-state index >= 15 is 0 Å².